The Morgan fingerprint density at radius 3 is 2.12 bits per heavy atom. The summed E-state index contributed by atoms with van der Waals surface area (Å²) < 4.78 is 59.1. The maximum atomic E-state index is 13.6. The first-order valence-corrected chi connectivity index (χ1v) is 17.1. The normalized spacial score (nSPS) is 16.9. The number of hydrogen-bond donors (Lipinski definition) is 1. The first-order chi connectivity index (χ1) is 20.5. The summed E-state index contributed by atoms with van der Waals surface area (Å²) in [7, 11) is -8.09. The highest BCUT2D eigenvalue weighted by Gasteiger charge is 2.43. The van der Waals surface area contributed by atoms with Gasteiger partial charge in [0.05, 0.1) is 16.0 Å². The molecular formula is C30H30BrN5O5S2. The van der Waals surface area contributed by atoms with Gasteiger partial charge < -0.3 is 4.57 Å². The fraction of sp³-hybridized carbons (Fsp3) is 0.200. The molecule has 5 rings (SSSR count). The molecule has 1 atom stereocenters. The Labute approximate surface area is 259 Å². The fourth-order valence-electron chi connectivity index (χ4n) is 5.10. The number of benzene rings is 3. The second kappa shape index (κ2) is 12.5. The van der Waals surface area contributed by atoms with Crippen molar-refractivity contribution in [1.29, 1.82) is 0 Å². The number of sulfonamides is 2. The summed E-state index contributed by atoms with van der Waals surface area (Å²) in [5, 5.41) is 4.14. The maximum absolute atomic E-state index is 13.6. The highest BCUT2D eigenvalue weighted by atomic mass is 79.9. The number of carbonyl (C=O) groups is 1. The van der Waals surface area contributed by atoms with E-state index in [1.807, 2.05) is 44.2 Å². The number of amides is 1. The third-order valence-corrected chi connectivity index (χ3v) is 11.5. The molecular weight excluding hydrogens is 654 g/mol. The first-order valence-electron chi connectivity index (χ1n) is 13.4. The number of halogens is 1. The van der Waals surface area contributed by atoms with E-state index >= 15 is 0 Å². The van der Waals surface area contributed by atoms with Crippen molar-refractivity contribution in [3.8, 4) is 5.69 Å². The van der Waals surface area contributed by atoms with Gasteiger partial charge in [-0.3, -0.25) is 4.79 Å². The number of aromatic nitrogens is 1. The van der Waals surface area contributed by atoms with Gasteiger partial charge in [-0.05, 0) is 62.4 Å². The minimum absolute atomic E-state index is 0.00987. The van der Waals surface area contributed by atoms with E-state index in [4.69, 9.17) is 0 Å². The van der Waals surface area contributed by atoms with Gasteiger partial charge >= 0.3 is 0 Å². The SMILES string of the molecule is Cc1cc(/C=N\NC(=O)[C@H]2CN(S(=O)(=O)c3ccccc3)CCN2S(=O)(=O)c2ccccc2)c(C)n1-c1cccc(Br)c1. The van der Waals surface area contributed by atoms with E-state index in [9.17, 15) is 21.6 Å². The van der Waals surface area contributed by atoms with Gasteiger partial charge in [0.2, 0.25) is 20.0 Å². The lowest BCUT2D eigenvalue weighted by Crippen LogP contribution is -2.60. The number of nitrogens with one attached hydrogen (secondary N) is 1. The molecule has 4 aromatic rings. The van der Waals surface area contributed by atoms with E-state index in [1.54, 1.807) is 36.4 Å². The maximum Gasteiger partial charge on any atom is 0.259 e. The molecule has 0 radical (unpaired) electrons. The van der Waals surface area contributed by atoms with Crippen LogP contribution in [0.2, 0.25) is 0 Å². The third-order valence-electron chi connectivity index (χ3n) is 7.24. The lowest BCUT2D eigenvalue weighted by atomic mass is 10.2. The predicted molar refractivity (Wildman–Crippen MR) is 168 cm³/mol. The summed E-state index contributed by atoms with van der Waals surface area (Å²) in [4.78, 5) is 13.6. The molecule has 0 aliphatic carbocycles. The number of hydrazone groups is 1. The topological polar surface area (TPSA) is 121 Å². The molecule has 1 aromatic heterocycles. The van der Waals surface area contributed by atoms with Crippen molar-refractivity contribution in [1.82, 2.24) is 18.6 Å². The van der Waals surface area contributed by atoms with Crippen LogP contribution in [0.5, 0.6) is 0 Å². The van der Waals surface area contributed by atoms with E-state index in [0.717, 1.165) is 35.7 Å². The monoisotopic (exact) mass is 683 g/mol. The first kappa shape index (κ1) is 30.8. The minimum Gasteiger partial charge on any atom is -0.318 e. The smallest absolute Gasteiger partial charge is 0.259 e. The van der Waals surface area contributed by atoms with E-state index in [2.05, 4.69) is 31.0 Å². The summed E-state index contributed by atoms with van der Waals surface area (Å²) in [5.41, 5.74) is 6.01. The van der Waals surface area contributed by atoms with Crippen molar-refractivity contribution < 1.29 is 21.6 Å². The van der Waals surface area contributed by atoms with Crippen molar-refractivity contribution in [2.45, 2.75) is 29.7 Å². The van der Waals surface area contributed by atoms with Gasteiger partial charge in [-0.15, -0.1) is 0 Å². The molecule has 1 saturated heterocycles. The van der Waals surface area contributed by atoms with Crippen LogP contribution in [0.1, 0.15) is 17.0 Å². The molecule has 1 fully saturated rings. The summed E-state index contributed by atoms with van der Waals surface area (Å²) in [6.45, 7) is 3.19. The molecule has 1 aliphatic rings. The van der Waals surface area contributed by atoms with Crippen LogP contribution in [0.3, 0.4) is 0 Å². The van der Waals surface area contributed by atoms with Crippen LogP contribution in [0, 0.1) is 13.8 Å². The zero-order chi connectivity index (χ0) is 30.8. The summed E-state index contributed by atoms with van der Waals surface area (Å²) in [6.07, 6.45) is 1.49. The van der Waals surface area contributed by atoms with Gasteiger partial charge in [-0.2, -0.15) is 13.7 Å². The average Bonchev–Trinajstić information content (AvgIpc) is 3.29. The third kappa shape index (κ3) is 6.36. The standard InChI is InChI=1S/C30H30BrN5O5S2/c1-22-18-24(23(2)36(22)26-11-9-10-25(31)19-26)20-32-33-30(37)29-21-34(42(38,39)27-12-5-3-6-13-27)16-17-35(29)43(40,41)28-14-7-4-8-15-28/h3-15,18-20,29H,16-17,21H2,1-2H3,(H,33,37)/b32-20-/t29-/m1/s1. The van der Waals surface area contributed by atoms with Gasteiger partial charge in [0.25, 0.3) is 5.91 Å². The Hall–Kier alpha value is -3.62. The van der Waals surface area contributed by atoms with E-state index in [1.165, 1.54) is 30.5 Å². The summed E-state index contributed by atoms with van der Waals surface area (Å²) in [5.74, 6) is -0.746. The molecule has 0 spiro atoms. The molecule has 10 nitrogen and oxygen atoms in total. The molecule has 2 heterocycles. The Kier molecular flexibility index (Phi) is 8.99. The van der Waals surface area contributed by atoms with Crippen LogP contribution < -0.4 is 5.43 Å². The number of hydrogen-bond acceptors (Lipinski definition) is 6. The highest BCUT2D eigenvalue weighted by Crippen LogP contribution is 2.26. The fourth-order valence-corrected chi connectivity index (χ4v) is 8.54. The molecule has 0 bridgehead atoms. The van der Waals surface area contributed by atoms with Gasteiger partial charge in [-0.25, -0.2) is 22.3 Å². The highest BCUT2D eigenvalue weighted by molar-refractivity contribution is 9.10. The minimum atomic E-state index is -4.12. The Morgan fingerprint density at radius 1 is 0.860 bits per heavy atom. The number of rotatable bonds is 8. The van der Waals surface area contributed by atoms with E-state index < -0.39 is 32.0 Å². The van der Waals surface area contributed by atoms with Gasteiger partial charge in [-0.1, -0.05) is 58.4 Å². The van der Waals surface area contributed by atoms with Crippen molar-refractivity contribution in [2.75, 3.05) is 19.6 Å². The summed E-state index contributed by atoms with van der Waals surface area (Å²) in [6, 6.07) is 24.0. The lowest BCUT2D eigenvalue weighted by molar-refractivity contribution is -0.125. The van der Waals surface area contributed by atoms with Gasteiger partial charge in [0, 0.05) is 46.7 Å². The Morgan fingerprint density at radius 2 is 1.49 bits per heavy atom. The van der Waals surface area contributed by atoms with Crippen LogP contribution >= 0.6 is 15.9 Å². The quantitative estimate of drug-likeness (QED) is 0.222. The molecule has 3 aromatic carbocycles. The second-order valence-corrected chi connectivity index (χ2v) is 14.7. The van der Waals surface area contributed by atoms with Crippen LogP contribution in [-0.4, -0.2) is 67.8 Å². The zero-order valence-electron chi connectivity index (χ0n) is 23.5. The van der Waals surface area contributed by atoms with Gasteiger partial charge in [0.1, 0.15) is 6.04 Å². The van der Waals surface area contributed by atoms with Crippen LogP contribution in [0.15, 0.2) is 110 Å². The van der Waals surface area contributed by atoms with Crippen molar-refractivity contribution in [2.24, 2.45) is 5.10 Å². The number of nitrogens with zero attached hydrogens (tertiary/aromatic N) is 4. The molecule has 43 heavy (non-hydrogen) atoms. The Bertz CT molecular complexity index is 1880. The van der Waals surface area contributed by atoms with E-state index in [0.29, 0.717) is 0 Å². The Balaban J connectivity index is 1.42. The van der Waals surface area contributed by atoms with Crippen LogP contribution in [-0.2, 0) is 24.8 Å². The van der Waals surface area contributed by atoms with Crippen molar-refractivity contribution in [3.05, 3.63) is 112 Å². The predicted octanol–water partition coefficient (Wildman–Crippen LogP) is 4.07. The lowest BCUT2D eigenvalue weighted by Gasteiger charge is -2.38. The largest absolute Gasteiger partial charge is 0.318 e. The van der Waals surface area contributed by atoms with E-state index in [-0.39, 0.29) is 29.4 Å². The van der Waals surface area contributed by atoms with Crippen LogP contribution in [0.25, 0.3) is 5.69 Å². The molecule has 1 N–H and O–H groups in total. The molecule has 0 unspecified atom stereocenters. The molecule has 13 heteroatoms. The number of aryl methyl sites for hydroxylation is 1. The zero-order valence-corrected chi connectivity index (χ0v) is 26.7. The summed E-state index contributed by atoms with van der Waals surface area (Å²) >= 11 is 3.50. The molecule has 224 valence electrons. The number of carbonyl (C=O) groups excluding carboxylic acids is 1. The molecule has 0 saturated carbocycles. The van der Waals surface area contributed by atoms with Crippen LogP contribution in [0.4, 0.5) is 0 Å². The van der Waals surface area contributed by atoms with Crippen molar-refractivity contribution in [3.63, 3.8) is 0 Å². The molecule has 1 amide bonds. The van der Waals surface area contributed by atoms with Crippen molar-refractivity contribution >= 4 is 48.1 Å². The molecule has 1 aliphatic heterocycles. The average molecular weight is 685 g/mol. The second-order valence-electron chi connectivity index (χ2n) is 10.00. The van der Waals surface area contributed by atoms with Gasteiger partial charge in [0.15, 0.2) is 0 Å². The number of piperazine rings is 1.